The van der Waals surface area contributed by atoms with E-state index in [-0.39, 0.29) is 5.11 Å². The highest BCUT2D eigenvalue weighted by Gasteiger charge is 2.22. The van der Waals surface area contributed by atoms with E-state index in [0.717, 1.165) is 36.0 Å². The summed E-state index contributed by atoms with van der Waals surface area (Å²) in [5, 5.41) is 16.5. The van der Waals surface area contributed by atoms with Gasteiger partial charge >= 0.3 is 0 Å². The lowest BCUT2D eigenvalue weighted by molar-refractivity contribution is -0.115. The molecule has 0 aliphatic heterocycles. The summed E-state index contributed by atoms with van der Waals surface area (Å²) >= 11 is 12.9. The van der Waals surface area contributed by atoms with Crippen LogP contribution in [0.25, 0.3) is 17.4 Å². The molecule has 0 radical (unpaired) electrons. The molecule has 0 saturated heterocycles. The van der Waals surface area contributed by atoms with Gasteiger partial charge in [0.25, 0.3) is 0 Å². The maximum Gasteiger partial charge on any atom is 0.250 e. The molecular formula is C23H18ClN3O2S2. The summed E-state index contributed by atoms with van der Waals surface area (Å²) in [6.07, 6.45) is 5.89. The Morgan fingerprint density at radius 2 is 2.16 bits per heavy atom. The van der Waals surface area contributed by atoms with Crippen molar-refractivity contribution in [2.45, 2.75) is 26.2 Å². The topological polar surface area (TPSA) is 78.1 Å². The van der Waals surface area contributed by atoms with Crippen LogP contribution in [0.4, 0.5) is 5.00 Å². The molecule has 0 atom stereocenters. The number of hydrogen-bond acceptors (Lipinski definition) is 5. The highest BCUT2D eigenvalue weighted by atomic mass is 35.5. The second-order valence-corrected chi connectivity index (χ2v) is 9.04. The van der Waals surface area contributed by atoms with Gasteiger partial charge in [0.05, 0.1) is 5.56 Å². The number of amides is 1. The molecule has 1 aliphatic carbocycles. The number of anilines is 1. The molecule has 31 heavy (non-hydrogen) atoms. The van der Waals surface area contributed by atoms with Gasteiger partial charge in [0.1, 0.15) is 22.6 Å². The van der Waals surface area contributed by atoms with Crippen LogP contribution in [0, 0.1) is 18.3 Å². The zero-order valence-corrected chi connectivity index (χ0v) is 19.0. The van der Waals surface area contributed by atoms with Crippen LogP contribution in [0.3, 0.4) is 0 Å². The number of carbonyl (C=O) groups excluding carboxylic acids is 1. The highest BCUT2D eigenvalue weighted by molar-refractivity contribution is 7.80. The highest BCUT2D eigenvalue weighted by Crippen LogP contribution is 2.38. The summed E-state index contributed by atoms with van der Waals surface area (Å²) in [7, 11) is 0. The Morgan fingerprint density at radius 3 is 2.94 bits per heavy atom. The number of nitriles is 1. The predicted molar refractivity (Wildman–Crippen MR) is 128 cm³/mol. The number of aryl methyl sites for hydroxylation is 2. The van der Waals surface area contributed by atoms with Crippen LogP contribution < -0.4 is 10.6 Å². The minimum Gasteiger partial charge on any atom is -0.457 e. The van der Waals surface area contributed by atoms with E-state index in [0.29, 0.717) is 27.1 Å². The molecule has 0 unspecified atom stereocenters. The molecule has 2 N–H and O–H groups in total. The molecule has 4 rings (SSSR count). The van der Waals surface area contributed by atoms with Crippen molar-refractivity contribution in [2.24, 2.45) is 0 Å². The summed E-state index contributed by atoms with van der Waals surface area (Å²) in [5.74, 6) is 0.799. The van der Waals surface area contributed by atoms with Gasteiger partial charge < -0.3 is 9.73 Å². The van der Waals surface area contributed by atoms with Crippen molar-refractivity contribution in [3.8, 4) is 17.4 Å². The van der Waals surface area contributed by atoms with Gasteiger partial charge in [-0.15, -0.1) is 11.3 Å². The van der Waals surface area contributed by atoms with Gasteiger partial charge in [-0.3, -0.25) is 10.1 Å². The quantitative estimate of drug-likeness (QED) is 0.371. The number of hydrogen-bond donors (Lipinski definition) is 2. The Kier molecular flexibility index (Phi) is 6.23. The molecule has 1 aliphatic rings. The monoisotopic (exact) mass is 467 g/mol. The summed E-state index contributed by atoms with van der Waals surface area (Å²) in [4.78, 5) is 13.4. The van der Waals surface area contributed by atoms with Gasteiger partial charge in [0.15, 0.2) is 5.11 Å². The molecule has 1 amide bonds. The molecule has 3 aromatic rings. The predicted octanol–water partition coefficient (Wildman–Crippen LogP) is 5.86. The number of nitrogens with zero attached hydrogens (tertiary/aromatic N) is 1. The fraction of sp³-hybridized carbons (Fsp3) is 0.174. The number of halogens is 1. The number of furan rings is 1. The number of thiophene rings is 1. The first-order valence-corrected chi connectivity index (χ1v) is 11.3. The fourth-order valence-electron chi connectivity index (χ4n) is 3.40. The number of rotatable bonds is 4. The second kappa shape index (κ2) is 9.06. The first-order chi connectivity index (χ1) is 14.9. The Morgan fingerprint density at radius 1 is 1.32 bits per heavy atom. The van der Waals surface area contributed by atoms with E-state index in [2.05, 4.69) is 16.7 Å². The number of benzene rings is 1. The van der Waals surface area contributed by atoms with Crippen LogP contribution >= 0.6 is 35.2 Å². The van der Waals surface area contributed by atoms with Gasteiger partial charge in [0, 0.05) is 21.5 Å². The van der Waals surface area contributed by atoms with E-state index in [9.17, 15) is 10.1 Å². The largest absolute Gasteiger partial charge is 0.457 e. The van der Waals surface area contributed by atoms with Crippen molar-refractivity contribution < 1.29 is 9.21 Å². The minimum atomic E-state index is -0.392. The zero-order chi connectivity index (χ0) is 22.0. The molecule has 0 spiro atoms. The smallest absolute Gasteiger partial charge is 0.250 e. The maximum atomic E-state index is 12.2. The lowest BCUT2D eigenvalue weighted by atomic mass is 10.1. The molecule has 5 nitrogen and oxygen atoms in total. The van der Waals surface area contributed by atoms with Crippen molar-refractivity contribution >= 4 is 57.3 Å². The molecule has 8 heteroatoms. The van der Waals surface area contributed by atoms with Gasteiger partial charge in [-0.25, -0.2) is 0 Å². The first kappa shape index (κ1) is 21.3. The van der Waals surface area contributed by atoms with Gasteiger partial charge in [-0.1, -0.05) is 23.7 Å². The Hall–Kier alpha value is -2.92. The molecular weight excluding hydrogens is 450 g/mol. The van der Waals surface area contributed by atoms with E-state index in [4.69, 9.17) is 28.2 Å². The molecule has 0 saturated carbocycles. The summed E-state index contributed by atoms with van der Waals surface area (Å²) in [5.41, 5.74) is 3.59. The number of nitrogens with one attached hydrogen (secondary N) is 2. The molecule has 2 heterocycles. The Labute approximate surface area is 194 Å². The van der Waals surface area contributed by atoms with Crippen molar-refractivity contribution in [3.63, 3.8) is 0 Å². The normalized spacial score (nSPS) is 12.5. The summed E-state index contributed by atoms with van der Waals surface area (Å²) in [6.45, 7) is 1.94. The Balaban J connectivity index is 1.37. The Bertz CT molecular complexity index is 1250. The third kappa shape index (κ3) is 4.72. The van der Waals surface area contributed by atoms with Crippen LogP contribution in [-0.4, -0.2) is 11.0 Å². The zero-order valence-electron chi connectivity index (χ0n) is 16.6. The van der Waals surface area contributed by atoms with Crippen LogP contribution in [0.15, 0.2) is 40.8 Å². The van der Waals surface area contributed by atoms with Crippen molar-refractivity contribution in [2.75, 3.05) is 5.32 Å². The lowest BCUT2D eigenvalue weighted by Crippen LogP contribution is -2.32. The van der Waals surface area contributed by atoms with Crippen LogP contribution in [-0.2, 0) is 17.6 Å². The van der Waals surface area contributed by atoms with Crippen LogP contribution in [0.1, 0.15) is 33.7 Å². The fourth-order valence-corrected chi connectivity index (χ4v) is 5.09. The van der Waals surface area contributed by atoms with E-state index in [1.807, 2.05) is 31.2 Å². The van der Waals surface area contributed by atoms with Crippen LogP contribution in [0.2, 0.25) is 5.02 Å². The SMILES string of the molecule is Cc1ccc(-c2ccc(/C=C/C(=O)NC(=S)Nc3sc4c(c3C#N)CCC4)o2)cc1Cl. The molecule has 0 bridgehead atoms. The van der Waals surface area contributed by atoms with E-state index >= 15 is 0 Å². The van der Waals surface area contributed by atoms with Gasteiger partial charge in [-0.2, -0.15) is 5.26 Å². The second-order valence-electron chi connectivity index (χ2n) is 7.12. The maximum absolute atomic E-state index is 12.2. The molecule has 2 aromatic heterocycles. The van der Waals surface area contributed by atoms with Crippen LogP contribution in [0.5, 0.6) is 0 Å². The lowest BCUT2D eigenvalue weighted by Gasteiger charge is -2.06. The summed E-state index contributed by atoms with van der Waals surface area (Å²) in [6, 6.07) is 11.5. The number of fused-ring (bicyclic) bond motifs is 1. The van der Waals surface area contributed by atoms with E-state index in [1.54, 1.807) is 12.1 Å². The molecule has 1 aromatic carbocycles. The molecule has 0 fully saturated rings. The molecule has 156 valence electrons. The minimum absolute atomic E-state index is 0.153. The van der Waals surface area contributed by atoms with Crippen molar-refractivity contribution in [3.05, 3.63) is 68.8 Å². The third-order valence-electron chi connectivity index (χ3n) is 4.98. The first-order valence-electron chi connectivity index (χ1n) is 9.65. The third-order valence-corrected chi connectivity index (χ3v) is 6.80. The average Bonchev–Trinajstić information content (AvgIpc) is 3.44. The standard InChI is InChI=1S/C23H18ClN3O2S2/c1-13-5-6-14(11-18(13)24)19-9-7-15(29-19)8-10-21(28)26-23(30)27-22-17(12-25)16-3-2-4-20(16)31-22/h5-11H,2-4H2,1H3,(H2,26,27,28,30)/b10-8+. The number of carbonyl (C=O) groups is 1. The van der Waals surface area contributed by atoms with Gasteiger partial charge in [0.2, 0.25) is 5.91 Å². The van der Waals surface area contributed by atoms with E-state index in [1.165, 1.54) is 22.3 Å². The number of thiocarbonyl (C=S) groups is 1. The van der Waals surface area contributed by atoms with E-state index < -0.39 is 5.91 Å². The van der Waals surface area contributed by atoms with Crippen molar-refractivity contribution in [1.82, 2.24) is 5.32 Å². The van der Waals surface area contributed by atoms with Gasteiger partial charge in [-0.05, 0) is 73.8 Å². The average molecular weight is 468 g/mol. The summed E-state index contributed by atoms with van der Waals surface area (Å²) < 4.78 is 5.77. The van der Waals surface area contributed by atoms with Crippen molar-refractivity contribution in [1.29, 1.82) is 5.26 Å².